The van der Waals surface area contributed by atoms with Crippen LogP contribution in [0.1, 0.15) is 16.6 Å². The second-order valence-electron chi connectivity index (χ2n) is 4.71. The Labute approximate surface area is 140 Å². The van der Waals surface area contributed by atoms with Gasteiger partial charge in [0.1, 0.15) is 16.0 Å². The number of halogens is 1. The average Bonchev–Trinajstić information content (AvgIpc) is 2.86. The number of carbonyl (C=O) groups is 1. The van der Waals surface area contributed by atoms with E-state index in [1.807, 2.05) is 0 Å². The molecule has 0 aliphatic heterocycles. The van der Waals surface area contributed by atoms with Gasteiger partial charge in [-0.05, 0) is 37.3 Å². The Balaban J connectivity index is 2.17. The van der Waals surface area contributed by atoms with Gasteiger partial charge in [-0.3, -0.25) is 0 Å². The van der Waals surface area contributed by atoms with Crippen LogP contribution < -0.4 is 11.4 Å². The van der Waals surface area contributed by atoms with Crippen LogP contribution in [0.15, 0.2) is 39.5 Å². The minimum Gasteiger partial charge on any atom is -0.462 e. The summed E-state index contributed by atoms with van der Waals surface area (Å²) in [6.45, 7) is 1.94. The lowest BCUT2D eigenvalue weighted by Crippen LogP contribution is -2.06. The van der Waals surface area contributed by atoms with Crippen molar-refractivity contribution in [3.05, 3.63) is 50.7 Å². The van der Waals surface area contributed by atoms with E-state index in [0.717, 1.165) is 11.3 Å². The lowest BCUT2D eigenvalue weighted by Gasteiger charge is -2.00. The lowest BCUT2D eigenvalue weighted by atomic mass is 10.1. The van der Waals surface area contributed by atoms with Crippen LogP contribution in [0.2, 0.25) is 5.02 Å². The van der Waals surface area contributed by atoms with Gasteiger partial charge in [0.15, 0.2) is 0 Å². The zero-order chi connectivity index (χ0) is 16.6. The van der Waals surface area contributed by atoms with Gasteiger partial charge in [0.05, 0.1) is 12.3 Å². The van der Waals surface area contributed by atoms with Crippen molar-refractivity contribution in [1.82, 2.24) is 0 Å². The zero-order valence-corrected chi connectivity index (χ0v) is 13.7. The number of anilines is 1. The third kappa shape index (κ3) is 2.83. The van der Waals surface area contributed by atoms with Crippen LogP contribution in [0.25, 0.3) is 21.4 Å². The van der Waals surface area contributed by atoms with Crippen LogP contribution >= 0.6 is 22.9 Å². The van der Waals surface area contributed by atoms with Gasteiger partial charge in [0.2, 0.25) is 0 Å². The number of rotatable bonds is 3. The number of fused-ring (bicyclic) bond motifs is 1. The number of carbonyl (C=O) groups excluding carboxylic acids is 1. The third-order valence-corrected chi connectivity index (χ3v) is 4.62. The predicted octanol–water partition coefficient (Wildman–Crippen LogP) is 3.93. The maximum absolute atomic E-state index is 12.2. The van der Waals surface area contributed by atoms with E-state index >= 15 is 0 Å². The average molecular weight is 350 g/mol. The number of esters is 1. The summed E-state index contributed by atoms with van der Waals surface area (Å²) in [6.07, 6.45) is 0. The molecule has 2 N–H and O–H groups in total. The van der Waals surface area contributed by atoms with E-state index in [0.29, 0.717) is 21.0 Å². The molecule has 0 aliphatic rings. The number of hydrogen-bond acceptors (Lipinski definition) is 6. The highest BCUT2D eigenvalue weighted by Crippen LogP contribution is 2.34. The first-order valence-electron chi connectivity index (χ1n) is 6.80. The van der Waals surface area contributed by atoms with Crippen molar-refractivity contribution < 1.29 is 13.9 Å². The molecule has 0 radical (unpaired) electrons. The molecule has 0 unspecified atom stereocenters. The molecule has 0 amide bonds. The van der Waals surface area contributed by atoms with Crippen molar-refractivity contribution in [2.45, 2.75) is 6.92 Å². The SMILES string of the molecule is CCOC(=O)c1sc2cc(-c3ccc(Cl)cc3)oc(=O)c2c1N. The topological polar surface area (TPSA) is 82.5 Å². The minimum absolute atomic E-state index is 0.0971. The Bertz CT molecular complexity index is 943. The smallest absolute Gasteiger partial charge is 0.350 e. The molecule has 3 rings (SSSR count). The van der Waals surface area contributed by atoms with Crippen molar-refractivity contribution in [3.8, 4) is 11.3 Å². The van der Waals surface area contributed by atoms with E-state index in [9.17, 15) is 9.59 Å². The van der Waals surface area contributed by atoms with E-state index < -0.39 is 11.6 Å². The molecule has 118 valence electrons. The molecule has 2 heterocycles. The highest BCUT2D eigenvalue weighted by molar-refractivity contribution is 7.21. The van der Waals surface area contributed by atoms with Crippen molar-refractivity contribution in [1.29, 1.82) is 0 Å². The Hall–Kier alpha value is -2.31. The fraction of sp³-hybridized carbons (Fsp3) is 0.125. The van der Waals surface area contributed by atoms with E-state index in [1.54, 1.807) is 37.3 Å². The van der Waals surface area contributed by atoms with Gasteiger partial charge in [-0.15, -0.1) is 11.3 Å². The first-order valence-corrected chi connectivity index (χ1v) is 8.00. The summed E-state index contributed by atoms with van der Waals surface area (Å²) in [5, 5.41) is 0.790. The molecule has 0 atom stereocenters. The molecule has 3 aromatic rings. The molecule has 2 aromatic heterocycles. The Kier molecular flexibility index (Phi) is 4.11. The van der Waals surface area contributed by atoms with Gasteiger partial charge < -0.3 is 14.9 Å². The fourth-order valence-electron chi connectivity index (χ4n) is 2.18. The molecule has 23 heavy (non-hydrogen) atoms. The summed E-state index contributed by atoms with van der Waals surface area (Å²) >= 11 is 6.97. The third-order valence-electron chi connectivity index (χ3n) is 3.23. The quantitative estimate of drug-likeness (QED) is 0.724. The summed E-state index contributed by atoms with van der Waals surface area (Å²) in [7, 11) is 0. The summed E-state index contributed by atoms with van der Waals surface area (Å²) in [5.41, 5.74) is 6.13. The molecular formula is C16H12ClNO4S. The van der Waals surface area contributed by atoms with E-state index in [1.165, 1.54) is 0 Å². The molecule has 5 nitrogen and oxygen atoms in total. The summed E-state index contributed by atoms with van der Waals surface area (Å²) in [6, 6.07) is 8.58. The summed E-state index contributed by atoms with van der Waals surface area (Å²) < 4.78 is 10.9. The second-order valence-corrected chi connectivity index (χ2v) is 6.20. The monoisotopic (exact) mass is 349 g/mol. The molecule has 0 saturated carbocycles. The highest BCUT2D eigenvalue weighted by Gasteiger charge is 2.21. The number of thiophene rings is 1. The molecule has 1 aromatic carbocycles. The number of benzene rings is 1. The molecule has 0 bridgehead atoms. The zero-order valence-electron chi connectivity index (χ0n) is 12.1. The van der Waals surface area contributed by atoms with Crippen LogP contribution in [-0.2, 0) is 4.74 Å². The largest absolute Gasteiger partial charge is 0.462 e. The van der Waals surface area contributed by atoms with Crippen molar-refractivity contribution >= 4 is 44.7 Å². The molecule has 0 saturated heterocycles. The van der Waals surface area contributed by atoms with Crippen molar-refractivity contribution in [2.24, 2.45) is 0 Å². The maximum Gasteiger partial charge on any atom is 0.350 e. The normalized spacial score (nSPS) is 10.9. The van der Waals surface area contributed by atoms with E-state index in [4.69, 9.17) is 26.5 Å². The molecule has 7 heteroatoms. The van der Waals surface area contributed by atoms with Crippen molar-refractivity contribution in [3.63, 3.8) is 0 Å². The van der Waals surface area contributed by atoms with Gasteiger partial charge in [-0.2, -0.15) is 0 Å². The molecule has 0 aliphatic carbocycles. The Morgan fingerprint density at radius 1 is 1.35 bits per heavy atom. The van der Waals surface area contributed by atoms with Gasteiger partial charge in [0.25, 0.3) is 0 Å². The van der Waals surface area contributed by atoms with Gasteiger partial charge in [-0.1, -0.05) is 11.6 Å². The highest BCUT2D eigenvalue weighted by atomic mass is 35.5. The van der Waals surface area contributed by atoms with Crippen LogP contribution in [0.3, 0.4) is 0 Å². The molecule has 0 fully saturated rings. The van der Waals surface area contributed by atoms with E-state index in [-0.39, 0.29) is 22.6 Å². The molecule has 0 spiro atoms. The van der Waals surface area contributed by atoms with E-state index in [2.05, 4.69) is 0 Å². The molecular weight excluding hydrogens is 338 g/mol. The summed E-state index contributed by atoms with van der Waals surface area (Å²) in [4.78, 5) is 24.3. The Morgan fingerprint density at radius 3 is 2.70 bits per heavy atom. The van der Waals surface area contributed by atoms with Gasteiger partial charge in [0, 0.05) is 15.3 Å². The minimum atomic E-state index is -0.586. The number of nitrogens with two attached hydrogens (primary N) is 1. The first kappa shape index (κ1) is 15.6. The predicted molar refractivity (Wildman–Crippen MR) is 91.2 cm³/mol. The van der Waals surface area contributed by atoms with Crippen LogP contribution in [0.5, 0.6) is 0 Å². The first-order chi connectivity index (χ1) is 11.0. The van der Waals surface area contributed by atoms with Crippen LogP contribution in [0, 0.1) is 0 Å². The van der Waals surface area contributed by atoms with Gasteiger partial charge in [-0.25, -0.2) is 9.59 Å². The van der Waals surface area contributed by atoms with Gasteiger partial charge >= 0.3 is 11.6 Å². The number of hydrogen-bond donors (Lipinski definition) is 1. The fourth-order valence-corrected chi connectivity index (χ4v) is 3.34. The van der Waals surface area contributed by atoms with Crippen LogP contribution in [0.4, 0.5) is 5.69 Å². The van der Waals surface area contributed by atoms with Crippen LogP contribution in [-0.4, -0.2) is 12.6 Å². The maximum atomic E-state index is 12.2. The number of ether oxygens (including phenoxy) is 1. The number of nitrogen functional groups attached to an aromatic ring is 1. The Morgan fingerprint density at radius 2 is 2.04 bits per heavy atom. The lowest BCUT2D eigenvalue weighted by molar-refractivity contribution is 0.0533. The standard InChI is InChI=1S/C16H12ClNO4S/c1-2-21-16(20)14-13(18)12-11(23-14)7-10(22-15(12)19)8-3-5-9(17)6-4-8/h3-7H,2,18H2,1H3. The summed E-state index contributed by atoms with van der Waals surface area (Å²) in [5.74, 6) is -0.158. The van der Waals surface area contributed by atoms with Crippen molar-refractivity contribution in [2.75, 3.05) is 12.3 Å². The second kappa shape index (κ2) is 6.06.